The third-order valence-electron chi connectivity index (χ3n) is 9.60. The largest absolute Gasteiger partial charge is 0.479 e. The molecule has 0 heterocycles. The standard InChI is InChI=1S/C19H19F3N2O3.C16H12F3NO4.C15H10F3NO4/c1-19(2,3)24-18(27)16(25)12-8-10(4-6-13(12)20)17(26)23-11-5-7-14(21)15(22)9-11;1-24-16(23)14(21)10-6-8(2-4-11(10)17)15(22)20-9-3-5-12(18)13(19)7-9;16-10-3-1-7(5-9(10)13(20)15(22)23)14(21)19-8-2-4-11(17)12(18)6-8/h4-9,16,25H,1-3H3,(H,23,26)(H,24,27);2-7,14,21H,1H3,(H,20,22);1-6,13,20H,(H,19,21)(H,22,23). The predicted molar refractivity (Wildman–Crippen MR) is 245 cm³/mol. The highest BCUT2D eigenvalue weighted by Crippen LogP contribution is 2.25. The molecule has 3 atom stereocenters. The minimum absolute atomic E-state index is 0.00389. The van der Waals surface area contributed by atoms with Crippen LogP contribution in [0.25, 0.3) is 0 Å². The van der Waals surface area contributed by atoms with E-state index in [2.05, 4.69) is 26.0 Å². The number of ether oxygens (including phenoxy) is 1. The number of hydrogen-bond donors (Lipinski definition) is 8. The Bertz CT molecular complexity index is 3100. The fourth-order valence-corrected chi connectivity index (χ4v) is 5.97. The molecule has 0 fully saturated rings. The van der Waals surface area contributed by atoms with Crippen LogP contribution in [-0.4, -0.2) is 68.6 Å². The third-order valence-corrected chi connectivity index (χ3v) is 9.60. The summed E-state index contributed by atoms with van der Waals surface area (Å²) in [5.41, 5.74) is -2.45. The van der Waals surface area contributed by atoms with Gasteiger partial charge in [-0.2, -0.15) is 0 Å². The second-order valence-electron chi connectivity index (χ2n) is 16.3. The molecule has 0 aliphatic rings. The summed E-state index contributed by atoms with van der Waals surface area (Å²) < 4.78 is 124. The molecule has 6 aromatic rings. The second-order valence-corrected chi connectivity index (χ2v) is 16.3. The van der Waals surface area contributed by atoms with Gasteiger partial charge in [0.15, 0.2) is 53.2 Å². The van der Waals surface area contributed by atoms with E-state index in [1.165, 1.54) is 0 Å². The summed E-state index contributed by atoms with van der Waals surface area (Å²) in [5.74, 6) is -15.3. The zero-order valence-corrected chi connectivity index (χ0v) is 38.7. The van der Waals surface area contributed by atoms with Crippen molar-refractivity contribution in [1.29, 1.82) is 0 Å². The number of aliphatic hydroxyl groups excluding tert-OH is 3. The zero-order valence-electron chi connectivity index (χ0n) is 38.7. The lowest BCUT2D eigenvalue weighted by atomic mass is 10.0. The van der Waals surface area contributed by atoms with Gasteiger partial charge in [-0.25, -0.2) is 49.1 Å². The van der Waals surface area contributed by atoms with Crippen LogP contribution in [0.1, 0.15) is 86.8 Å². The molecule has 15 nitrogen and oxygen atoms in total. The molecule has 6 rings (SSSR count). The Hall–Kier alpha value is -8.61. The highest BCUT2D eigenvalue weighted by atomic mass is 19.2. The lowest BCUT2D eigenvalue weighted by molar-refractivity contribution is -0.151. The number of anilines is 3. The Labute approximate surface area is 413 Å². The average molecular weight is 1040 g/mol. The SMILES string of the molecule is CC(C)(C)NC(=O)C(O)c1cc(C(=O)Nc2ccc(F)c(F)c2)ccc1F.COC(=O)C(O)c1cc(C(=O)Nc2ccc(F)c(F)c2)ccc1F.O=C(Nc1ccc(F)c(F)c1)c1ccc(F)c(C(O)C(=O)O)c1. The molecule has 0 aromatic heterocycles. The van der Waals surface area contributed by atoms with E-state index in [-0.39, 0.29) is 39.3 Å². The molecule has 0 aliphatic heterocycles. The van der Waals surface area contributed by atoms with Crippen LogP contribution >= 0.6 is 0 Å². The van der Waals surface area contributed by atoms with E-state index in [1.807, 2.05) is 0 Å². The first-order chi connectivity index (χ1) is 34.6. The number of carbonyl (C=O) groups excluding carboxylic acids is 5. The minimum atomic E-state index is -2.13. The first-order valence-electron chi connectivity index (χ1n) is 20.9. The maximum Gasteiger partial charge on any atom is 0.339 e. The summed E-state index contributed by atoms with van der Waals surface area (Å²) in [7, 11) is 1.02. The van der Waals surface area contributed by atoms with Gasteiger partial charge in [0.1, 0.15) is 17.5 Å². The summed E-state index contributed by atoms with van der Waals surface area (Å²) in [4.78, 5) is 70.4. The van der Waals surface area contributed by atoms with Crippen molar-refractivity contribution in [2.24, 2.45) is 0 Å². The van der Waals surface area contributed by atoms with Gasteiger partial charge < -0.3 is 46.4 Å². The number of aliphatic hydroxyl groups is 3. The number of esters is 1. The number of methoxy groups -OCH3 is 1. The maximum atomic E-state index is 14.0. The number of hydrogen-bond acceptors (Lipinski definition) is 10. The smallest absolute Gasteiger partial charge is 0.339 e. The molecule has 8 N–H and O–H groups in total. The molecule has 0 bridgehead atoms. The van der Waals surface area contributed by atoms with Gasteiger partial charge in [0.25, 0.3) is 23.6 Å². The van der Waals surface area contributed by atoms with E-state index in [1.54, 1.807) is 20.8 Å². The highest BCUT2D eigenvalue weighted by Gasteiger charge is 2.27. The molecule has 390 valence electrons. The van der Waals surface area contributed by atoms with E-state index in [0.29, 0.717) is 0 Å². The number of nitrogens with one attached hydrogen (secondary N) is 4. The molecule has 0 saturated carbocycles. The maximum absolute atomic E-state index is 14.0. The van der Waals surface area contributed by atoms with Crippen LogP contribution in [0, 0.1) is 52.4 Å². The van der Waals surface area contributed by atoms with E-state index in [4.69, 9.17) is 5.11 Å². The fourth-order valence-electron chi connectivity index (χ4n) is 5.97. The third kappa shape index (κ3) is 15.9. The van der Waals surface area contributed by atoms with Gasteiger partial charge in [-0.05, 0) is 112 Å². The number of rotatable bonds is 12. The van der Waals surface area contributed by atoms with Crippen molar-refractivity contribution in [3.8, 4) is 0 Å². The van der Waals surface area contributed by atoms with Gasteiger partial charge in [0.2, 0.25) is 0 Å². The molecule has 0 saturated heterocycles. The molecule has 3 unspecified atom stereocenters. The molecule has 74 heavy (non-hydrogen) atoms. The summed E-state index contributed by atoms with van der Waals surface area (Å²) in [6.45, 7) is 5.08. The molecule has 0 radical (unpaired) electrons. The van der Waals surface area contributed by atoms with E-state index in [0.717, 1.165) is 116 Å². The van der Waals surface area contributed by atoms with Crippen LogP contribution in [0.2, 0.25) is 0 Å². The summed E-state index contributed by atoms with van der Waals surface area (Å²) >= 11 is 0. The summed E-state index contributed by atoms with van der Waals surface area (Å²) in [6.07, 6.45) is -5.85. The number of carbonyl (C=O) groups is 6. The van der Waals surface area contributed by atoms with Crippen LogP contribution in [0.5, 0.6) is 0 Å². The molecular formula is C50H41F9N4O11. The van der Waals surface area contributed by atoms with Crippen molar-refractivity contribution in [3.63, 3.8) is 0 Å². The monoisotopic (exact) mass is 1040 g/mol. The lowest BCUT2D eigenvalue weighted by Gasteiger charge is -2.23. The lowest BCUT2D eigenvalue weighted by Crippen LogP contribution is -2.43. The Balaban J connectivity index is 0.000000241. The number of benzene rings is 6. The number of carboxylic acids is 1. The normalized spacial score (nSPS) is 12.0. The van der Waals surface area contributed by atoms with Crippen LogP contribution in [-0.2, 0) is 19.1 Å². The Morgan fingerprint density at radius 3 is 1.01 bits per heavy atom. The van der Waals surface area contributed by atoms with E-state index >= 15 is 0 Å². The van der Waals surface area contributed by atoms with Crippen LogP contribution in [0.4, 0.5) is 56.6 Å². The first kappa shape index (κ1) is 58.0. The van der Waals surface area contributed by atoms with Gasteiger partial charge in [-0.15, -0.1) is 0 Å². The molecule has 0 aliphatic carbocycles. The Morgan fingerprint density at radius 1 is 0.432 bits per heavy atom. The average Bonchev–Trinajstić information content (AvgIpc) is 3.34. The number of aliphatic carboxylic acids is 1. The summed E-state index contributed by atoms with van der Waals surface area (Å²) in [6, 6.07) is 17.1. The van der Waals surface area contributed by atoms with Gasteiger partial charge >= 0.3 is 11.9 Å². The minimum Gasteiger partial charge on any atom is -0.479 e. The molecule has 4 amide bonds. The van der Waals surface area contributed by atoms with Crippen molar-refractivity contribution in [1.82, 2.24) is 5.32 Å². The second kappa shape index (κ2) is 25.2. The van der Waals surface area contributed by atoms with Gasteiger partial charge in [0, 0.05) is 74.2 Å². The van der Waals surface area contributed by atoms with Crippen molar-refractivity contribution in [2.75, 3.05) is 23.1 Å². The molecular weight excluding hydrogens is 1000 g/mol. The number of carboxylic acid groups (broad SMARTS) is 1. The molecule has 24 heteroatoms. The quantitative estimate of drug-likeness (QED) is 0.0428. The van der Waals surface area contributed by atoms with E-state index in [9.17, 15) is 83.6 Å². The van der Waals surface area contributed by atoms with Crippen molar-refractivity contribution < 1.29 is 93.4 Å². The van der Waals surface area contributed by atoms with E-state index < -0.39 is 123 Å². The van der Waals surface area contributed by atoms with Crippen molar-refractivity contribution in [2.45, 2.75) is 44.6 Å². The Kier molecular flexibility index (Phi) is 19.7. The Morgan fingerprint density at radius 2 is 0.730 bits per heavy atom. The predicted octanol–water partition coefficient (Wildman–Crippen LogP) is 8.34. The van der Waals surface area contributed by atoms with Gasteiger partial charge in [-0.1, -0.05) is 0 Å². The van der Waals surface area contributed by atoms with Crippen LogP contribution in [0.15, 0.2) is 109 Å². The van der Waals surface area contributed by atoms with Crippen LogP contribution < -0.4 is 21.3 Å². The highest BCUT2D eigenvalue weighted by molar-refractivity contribution is 6.06. The number of halogens is 9. The zero-order chi connectivity index (χ0) is 55.4. The van der Waals surface area contributed by atoms with Gasteiger partial charge in [0.05, 0.1) is 7.11 Å². The summed E-state index contributed by atoms with van der Waals surface area (Å²) in [5, 5.41) is 47.3. The van der Waals surface area contributed by atoms with Gasteiger partial charge in [-0.3, -0.25) is 19.2 Å². The molecule has 6 aromatic carbocycles. The topological polar surface area (TPSA) is 241 Å². The fraction of sp³-hybridized carbons (Fsp3) is 0.160. The van der Waals surface area contributed by atoms with Crippen LogP contribution in [0.3, 0.4) is 0 Å². The first-order valence-corrected chi connectivity index (χ1v) is 20.9. The van der Waals surface area contributed by atoms with Crippen molar-refractivity contribution >= 4 is 52.6 Å². The van der Waals surface area contributed by atoms with Crippen molar-refractivity contribution in [3.05, 3.63) is 195 Å². The number of amides is 4. The molecule has 0 spiro atoms.